The first-order valence-corrected chi connectivity index (χ1v) is 5.82. The fourth-order valence-corrected chi connectivity index (χ4v) is 2.75. The maximum absolute atomic E-state index is 10.8. The Balaban J connectivity index is 2.27. The minimum Gasteiger partial charge on any atom is -0.480 e. The van der Waals surface area contributed by atoms with Crippen LogP contribution < -0.4 is 0 Å². The van der Waals surface area contributed by atoms with Gasteiger partial charge in [0.15, 0.2) is 0 Å². The average Bonchev–Trinajstić information content (AvgIpc) is 2.53. The molecule has 1 fully saturated rings. The number of carboxylic acids is 1. The Morgan fingerprint density at radius 1 is 1.69 bits per heavy atom. The summed E-state index contributed by atoms with van der Waals surface area (Å²) >= 11 is 1.70. The third-order valence-electron chi connectivity index (χ3n) is 2.24. The molecule has 4 heteroatoms. The molecule has 3 nitrogen and oxygen atoms in total. The van der Waals surface area contributed by atoms with Crippen molar-refractivity contribution in [3.8, 4) is 0 Å². The number of carboxylic acid groups (broad SMARTS) is 1. The molecular weight excluding hydrogens is 186 g/mol. The van der Waals surface area contributed by atoms with Gasteiger partial charge in [-0.05, 0) is 19.3 Å². The summed E-state index contributed by atoms with van der Waals surface area (Å²) in [5.41, 5.74) is 0. The topological polar surface area (TPSA) is 40.5 Å². The lowest BCUT2D eigenvalue weighted by atomic mass is 10.2. The second kappa shape index (κ2) is 5.50. The van der Waals surface area contributed by atoms with Crippen molar-refractivity contribution in [2.24, 2.45) is 0 Å². The van der Waals surface area contributed by atoms with Gasteiger partial charge >= 0.3 is 5.97 Å². The van der Waals surface area contributed by atoms with Crippen LogP contribution in [0, 0.1) is 0 Å². The van der Waals surface area contributed by atoms with Gasteiger partial charge in [0.05, 0.1) is 0 Å². The summed E-state index contributed by atoms with van der Waals surface area (Å²) in [5.74, 6) is 0.391. The van der Waals surface area contributed by atoms with Gasteiger partial charge in [-0.3, -0.25) is 4.79 Å². The first-order valence-electron chi connectivity index (χ1n) is 4.88. The molecule has 1 atom stereocenters. The van der Waals surface area contributed by atoms with Gasteiger partial charge in [0.1, 0.15) is 6.04 Å². The largest absolute Gasteiger partial charge is 0.480 e. The quantitative estimate of drug-likeness (QED) is 0.548. The van der Waals surface area contributed by atoms with Crippen molar-refractivity contribution in [2.45, 2.75) is 38.6 Å². The Morgan fingerprint density at radius 3 is 3.08 bits per heavy atom. The highest BCUT2D eigenvalue weighted by Crippen LogP contribution is 2.25. The Hall–Kier alpha value is -0.220. The fraction of sp³-hybridized carbons (Fsp3) is 0.889. The Labute approximate surface area is 83.6 Å². The lowest BCUT2D eigenvalue weighted by Gasteiger charge is -2.19. The zero-order valence-electron chi connectivity index (χ0n) is 8.03. The zero-order valence-corrected chi connectivity index (χ0v) is 8.85. The molecule has 1 N–H and O–H groups in total. The van der Waals surface area contributed by atoms with E-state index in [0.29, 0.717) is 0 Å². The number of carbonyl (C=O) groups is 1. The molecule has 0 aromatic heterocycles. The van der Waals surface area contributed by atoms with Gasteiger partial charge < -0.3 is 5.11 Å². The molecule has 0 aromatic rings. The molecule has 0 radical (unpaired) electrons. The number of hydrogen-bond donors (Lipinski definition) is 1. The van der Waals surface area contributed by atoms with Gasteiger partial charge in [0, 0.05) is 12.3 Å². The van der Waals surface area contributed by atoms with Gasteiger partial charge in [-0.2, -0.15) is 0 Å². The number of hydrogen-bond acceptors (Lipinski definition) is 3. The molecule has 0 aromatic carbocycles. The number of rotatable bonds is 5. The van der Waals surface area contributed by atoms with Crippen molar-refractivity contribution in [1.29, 1.82) is 0 Å². The van der Waals surface area contributed by atoms with Crippen LogP contribution in [-0.4, -0.2) is 33.7 Å². The summed E-state index contributed by atoms with van der Waals surface area (Å²) in [6.45, 7) is 3.09. The molecule has 76 valence electrons. The van der Waals surface area contributed by atoms with Crippen LogP contribution in [0.15, 0.2) is 0 Å². The monoisotopic (exact) mass is 203 g/mol. The predicted octanol–water partition coefficient (Wildman–Crippen LogP) is 1.98. The minimum absolute atomic E-state index is 0.234. The van der Waals surface area contributed by atoms with Gasteiger partial charge in [0.25, 0.3) is 0 Å². The smallest absolute Gasteiger partial charge is 0.321 e. The summed E-state index contributed by atoms with van der Waals surface area (Å²) in [6.07, 6.45) is 4.19. The summed E-state index contributed by atoms with van der Waals surface area (Å²) < 4.78 is 2.03. The third-order valence-corrected chi connectivity index (χ3v) is 3.48. The second-order valence-electron chi connectivity index (χ2n) is 3.32. The van der Waals surface area contributed by atoms with Crippen molar-refractivity contribution < 1.29 is 9.90 Å². The predicted molar refractivity (Wildman–Crippen MR) is 54.7 cm³/mol. The number of unbranched alkanes of at least 4 members (excludes halogenated alkanes) is 1. The fourth-order valence-electron chi connectivity index (χ4n) is 1.47. The molecule has 0 bridgehead atoms. The maximum Gasteiger partial charge on any atom is 0.321 e. The van der Waals surface area contributed by atoms with Crippen LogP contribution in [0.3, 0.4) is 0 Å². The van der Waals surface area contributed by atoms with Crippen LogP contribution >= 0.6 is 11.9 Å². The minimum atomic E-state index is -0.665. The van der Waals surface area contributed by atoms with Crippen molar-refractivity contribution in [2.75, 3.05) is 12.3 Å². The van der Waals surface area contributed by atoms with Crippen molar-refractivity contribution in [3.05, 3.63) is 0 Å². The molecule has 0 amide bonds. The SMILES string of the molecule is CCCCSN1CCCC1C(=O)O. The van der Waals surface area contributed by atoms with E-state index < -0.39 is 5.97 Å². The molecule has 1 saturated heterocycles. The molecule has 1 aliphatic heterocycles. The number of aliphatic carboxylic acids is 1. The third kappa shape index (κ3) is 3.19. The lowest BCUT2D eigenvalue weighted by molar-refractivity contribution is -0.140. The highest BCUT2D eigenvalue weighted by atomic mass is 32.2. The molecule has 1 rings (SSSR count). The second-order valence-corrected chi connectivity index (χ2v) is 4.46. The normalized spacial score (nSPS) is 23.6. The van der Waals surface area contributed by atoms with E-state index in [9.17, 15) is 4.79 Å². The van der Waals surface area contributed by atoms with Gasteiger partial charge in [0.2, 0.25) is 0 Å². The first-order chi connectivity index (χ1) is 6.25. The van der Waals surface area contributed by atoms with Crippen LogP contribution in [0.2, 0.25) is 0 Å². The summed E-state index contributed by atoms with van der Waals surface area (Å²) in [6, 6.07) is -0.234. The van der Waals surface area contributed by atoms with Gasteiger partial charge in [-0.1, -0.05) is 25.3 Å². The molecule has 1 aliphatic rings. The molecule has 1 heterocycles. The zero-order chi connectivity index (χ0) is 9.68. The van der Waals surface area contributed by atoms with Gasteiger partial charge in [-0.25, -0.2) is 4.31 Å². The molecule has 13 heavy (non-hydrogen) atoms. The average molecular weight is 203 g/mol. The molecule has 0 saturated carbocycles. The Bertz CT molecular complexity index is 175. The van der Waals surface area contributed by atoms with Crippen LogP contribution in [0.1, 0.15) is 32.6 Å². The lowest BCUT2D eigenvalue weighted by Crippen LogP contribution is -2.31. The molecule has 1 unspecified atom stereocenters. The van der Waals surface area contributed by atoms with Crippen LogP contribution in [0.25, 0.3) is 0 Å². The van der Waals surface area contributed by atoms with E-state index in [1.54, 1.807) is 11.9 Å². The number of nitrogens with zero attached hydrogens (tertiary/aromatic N) is 1. The van der Waals surface area contributed by atoms with E-state index in [1.807, 2.05) is 4.31 Å². The highest BCUT2D eigenvalue weighted by Gasteiger charge is 2.30. The molecular formula is C9H17NO2S. The summed E-state index contributed by atoms with van der Waals surface area (Å²) in [7, 11) is 0. The van der Waals surface area contributed by atoms with Crippen LogP contribution in [0.5, 0.6) is 0 Å². The summed E-state index contributed by atoms with van der Waals surface area (Å²) in [4.78, 5) is 10.8. The van der Waals surface area contributed by atoms with E-state index in [2.05, 4.69) is 6.92 Å². The molecule has 0 aliphatic carbocycles. The van der Waals surface area contributed by atoms with Crippen molar-refractivity contribution in [1.82, 2.24) is 4.31 Å². The maximum atomic E-state index is 10.8. The van der Waals surface area contributed by atoms with E-state index in [0.717, 1.165) is 25.1 Å². The van der Waals surface area contributed by atoms with E-state index in [1.165, 1.54) is 12.8 Å². The van der Waals surface area contributed by atoms with Crippen LogP contribution in [0.4, 0.5) is 0 Å². The van der Waals surface area contributed by atoms with Crippen LogP contribution in [-0.2, 0) is 4.79 Å². The Morgan fingerprint density at radius 2 is 2.46 bits per heavy atom. The van der Waals surface area contributed by atoms with E-state index >= 15 is 0 Å². The van der Waals surface area contributed by atoms with E-state index in [-0.39, 0.29) is 6.04 Å². The highest BCUT2D eigenvalue weighted by molar-refractivity contribution is 7.97. The summed E-state index contributed by atoms with van der Waals surface area (Å²) in [5, 5.41) is 8.89. The van der Waals surface area contributed by atoms with Gasteiger partial charge in [-0.15, -0.1) is 0 Å². The Kier molecular flexibility index (Phi) is 4.59. The standard InChI is InChI=1S/C9H17NO2S/c1-2-3-7-13-10-6-4-5-8(10)9(11)12/h8H,2-7H2,1H3,(H,11,12). The van der Waals surface area contributed by atoms with E-state index in [4.69, 9.17) is 5.11 Å². The van der Waals surface area contributed by atoms with Crippen molar-refractivity contribution >= 4 is 17.9 Å². The molecule has 0 spiro atoms. The first kappa shape index (κ1) is 10.9. The van der Waals surface area contributed by atoms with Crippen molar-refractivity contribution in [3.63, 3.8) is 0 Å².